The molecule has 1 aromatic heterocycles. The largest absolute Gasteiger partial charge is 0.311 e. The smallest absolute Gasteiger partial charge is 0.0834 e. The van der Waals surface area contributed by atoms with Crippen LogP contribution in [0.3, 0.4) is 0 Å². The van der Waals surface area contributed by atoms with Crippen molar-refractivity contribution in [3.05, 3.63) is 51.2 Å². The lowest BCUT2D eigenvalue weighted by Crippen LogP contribution is -2.23. The summed E-state index contributed by atoms with van der Waals surface area (Å²) in [6.45, 7) is 3.03. The van der Waals surface area contributed by atoms with Crippen LogP contribution in [0.1, 0.15) is 30.6 Å². The number of halogens is 2. The van der Waals surface area contributed by atoms with E-state index in [0.717, 1.165) is 34.6 Å². The molecule has 3 nitrogen and oxygen atoms in total. The molecule has 2 rings (SSSR count). The van der Waals surface area contributed by atoms with E-state index in [1.54, 1.807) is 6.20 Å². The zero-order valence-corrected chi connectivity index (χ0v) is 14.1. The predicted octanol–water partition coefficient (Wildman–Crippen LogP) is 4.21. The van der Waals surface area contributed by atoms with Gasteiger partial charge in [-0.3, -0.25) is 4.68 Å². The molecule has 0 spiro atoms. The third-order valence-corrected chi connectivity index (χ3v) is 4.06. The van der Waals surface area contributed by atoms with Gasteiger partial charge in [0.1, 0.15) is 0 Å². The molecule has 0 aliphatic heterocycles. The molecule has 1 atom stereocenters. The fourth-order valence-electron chi connectivity index (χ4n) is 2.34. The molecule has 0 saturated carbocycles. The topological polar surface area (TPSA) is 29.9 Å². The minimum atomic E-state index is 0.158. The van der Waals surface area contributed by atoms with Crippen LogP contribution in [-0.4, -0.2) is 16.8 Å². The predicted molar refractivity (Wildman–Crippen MR) is 87.2 cm³/mol. The van der Waals surface area contributed by atoms with Crippen molar-refractivity contribution < 1.29 is 0 Å². The van der Waals surface area contributed by atoms with Gasteiger partial charge >= 0.3 is 0 Å². The average molecular weight is 357 g/mol. The van der Waals surface area contributed by atoms with Crippen molar-refractivity contribution >= 4 is 27.5 Å². The van der Waals surface area contributed by atoms with Crippen molar-refractivity contribution in [2.75, 3.05) is 7.05 Å². The quantitative estimate of drug-likeness (QED) is 0.840. The van der Waals surface area contributed by atoms with Gasteiger partial charge in [-0.15, -0.1) is 0 Å². The van der Waals surface area contributed by atoms with Crippen molar-refractivity contribution in [3.63, 3.8) is 0 Å². The van der Waals surface area contributed by atoms with Crippen molar-refractivity contribution in [1.29, 1.82) is 0 Å². The van der Waals surface area contributed by atoms with E-state index in [-0.39, 0.29) is 6.04 Å². The molecular formula is C15H19BrClN3. The van der Waals surface area contributed by atoms with Crippen molar-refractivity contribution in [2.24, 2.45) is 0 Å². The fourth-order valence-corrected chi connectivity index (χ4v) is 3.06. The highest BCUT2D eigenvalue weighted by Gasteiger charge is 2.19. The van der Waals surface area contributed by atoms with Crippen molar-refractivity contribution in [3.8, 4) is 0 Å². The molecule has 0 aliphatic carbocycles. The van der Waals surface area contributed by atoms with Gasteiger partial charge in [0.25, 0.3) is 0 Å². The molecular weight excluding hydrogens is 338 g/mol. The Morgan fingerprint density at radius 2 is 2.25 bits per heavy atom. The number of nitrogens with one attached hydrogen (secondary N) is 1. The zero-order valence-electron chi connectivity index (χ0n) is 11.7. The molecule has 1 heterocycles. The first kappa shape index (κ1) is 15.5. The molecule has 1 aromatic carbocycles. The lowest BCUT2D eigenvalue weighted by atomic mass is 10.0. The fraction of sp³-hybridized carbons (Fsp3) is 0.400. The summed E-state index contributed by atoms with van der Waals surface area (Å²) in [5.41, 5.74) is 2.33. The molecule has 2 aromatic rings. The van der Waals surface area contributed by atoms with E-state index >= 15 is 0 Å². The maximum Gasteiger partial charge on any atom is 0.0834 e. The van der Waals surface area contributed by atoms with Gasteiger partial charge in [0.05, 0.1) is 23.0 Å². The third-order valence-electron chi connectivity index (χ3n) is 3.28. The highest BCUT2D eigenvalue weighted by atomic mass is 79.9. The molecule has 0 aliphatic rings. The van der Waals surface area contributed by atoms with Gasteiger partial charge in [-0.2, -0.15) is 5.10 Å². The maximum absolute atomic E-state index is 6.32. The molecule has 0 amide bonds. The summed E-state index contributed by atoms with van der Waals surface area (Å²) >= 11 is 9.83. The van der Waals surface area contributed by atoms with Crippen LogP contribution in [0.2, 0.25) is 5.02 Å². The van der Waals surface area contributed by atoms with Crippen molar-refractivity contribution in [2.45, 2.75) is 32.4 Å². The first-order chi connectivity index (χ1) is 9.65. The lowest BCUT2D eigenvalue weighted by Gasteiger charge is -2.19. The molecule has 0 radical (unpaired) electrons. The average Bonchev–Trinajstić information content (AvgIpc) is 2.78. The number of hydrogen-bond donors (Lipinski definition) is 1. The van der Waals surface area contributed by atoms with E-state index in [2.05, 4.69) is 51.5 Å². The monoisotopic (exact) mass is 355 g/mol. The number of benzene rings is 1. The molecule has 108 valence electrons. The minimum absolute atomic E-state index is 0.158. The molecule has 1 N–H and O–H groups in total. The lowest BCUT2D eigenvalue weighted by molar-refractivity contribution is 0.497. The maximum atomic E-state index is 6.32. The zero-order chi connectivity index (χ0) is 14.5. The summed E-state index contributed by atoms with van der Waals surface area (Å²) in [6.07, 6.45) is 3.65. The Labute approximate surface area is 133 Å². The Kier molecular flexibility index (Phi) is 5.64. The SMILES string of the molecule is CCCn1ncc(Cl)c1C(Cc1cccc(Br)c1)NC. The summed E-state index contributed by atoms with van der Waals surface area (Å²) < 4.78 is 3.10. The number of aryl methyl sites for hydroxylation is 1. The van der Waals surface area contributed by atoms with Crippen LogP contribution in [-0.2, 0) is 13.0 Å². The number of nitrogens with zero attached hydrogens (tertiary/aromatic N) is 2. The second-order valence-electron chi connectivity index (χ2n) is 4.78. The van der Waals surface area contributed by atoms with Gasteiger partial charge in [-0.1, -0.05) is 46.6 Å². The van der Waals surface area contributed by atoms with Crippen LogP contribution in [0.15, 0.2) is 34.9 Å². The highest BCUT2D eigenvalue weighted by molar-refractivity contribution is 9.10. The van der Waals surface area contributed by atoms with Gasteiger partial charge < -0.3 is 5.32 Å². The van der Waals surface area contributed by atoms with Crippen LogP contribution in [0.25, 0.3) is 0 Å². The van der Waals surface area contributed by atoms with Gasteiger partial charge in [0.15, 0.2) is 0 Å². The van der Waals surface area contributed by atoms with E-state index in [0.29, 0.717) is 0 Å². The molecule has 0 saturated heterocycles. The van der Waals surface area contributed by atoms with E-state index in [4.69, 9.17) is 11.6 Å². The van der Waals surface area contributed by atoms with Crippen LogP contribution in [0.5, 0.6) is 0 Å². The van der Waals surface area contributed by atoms with Crippen LogP contribution < -0.4 is 5.32 Å². The van der Waals surface area contributed by atoms with E-state index < -0.39 is 0 Å². The third kappa shape index (κ3) is 3.62. The van der Waals surface area contributed by atoms with Crippen molar-refractivity contribution in [1.82, 2.24) is 15.1 Å². The van der Waals surface area contributed by atoms with Gasteiger partial charge in [-0.25, -0.2) is 0 Å². The van der Waals surface area contributed by atoms with E-state index in [1.807, 2.05) is 17.8 Å². The summed E-state index contributed by atoms with van der Waals surface area (Å²) in [5, 5.41) is 8.45. The first-order valence-electron chi connectivity index (χ1n) is 6.78. The van der Waals surface area contributed by atoms with Crippen LogP contribution >= 0.6 is 27.5 Å². The first-order valence-corrected chi connectivity index (χ1v) is 7.95. The summed E-state index contributed by atoms with van der Waals surface area (Å²) in [7, 11) is 1.96. The standard InChI is InChI=1S/C15H19BrClN3/c1-3-7-20-15(13(17)10-19-20)14(18-2)9-11-5-4-6-12(16)8-11/h4-6,8,10,14,18H,3,7,9H2,1-2H3. The van der Waals surface area contributed by atoms with Gasteiger partial charge in [-0.05, 0) is 37.6 Å². The molecule has 0 fully saturated rings. The van der Waals surface area contributed by atoms with Crippen LogP contribution in [0, 0.1) is 0 Å². The Hall–Kier alpha value is -0.840. The summed E-state index contributed by atoms with van der Waals surface area (Å²) in [5.74, 6) is 0. The van der Waals surface area contributed by atoms with E-state index in [9.17, 15) is 0 Å². The Balaban J connectivity index is 2.26. The number of likely N-dealkylation sites (N-methyl/N-ethyl adjacent to an activating group) is 1. The summed E-state index contributed by atoms with van der Waals surface area (Å²) in [4.78, 5) is 0. The number of rotatable bonds is 6. The number of aromatic nitrogens is 2. The number of hydrogen-bond acceptors (Lipinski definition) is 2. The Morgan fingerprint density at radius 1 is 1.45 bits per heavy atom. The van der Waals surface area contributed by atoms with Gasteiger partial charge in [0.2, 0.25) is 0 Å². The molecule has 1 unspecified atom stereocenters. The van der Waals surface area contributed by atoms with Gasteiger partial charge in [0, 0.05) is 11.0 Å². The Bertz CT molecular complexity index is 568. The molecule has 20 heavy (non-hydrogen) atoms. The minimum Gasteiger partial charge on any atom is -0.311 e. The highest BCUT2D eigenvalue weighted by Crippen LogP contribution is 2.26. The molecule has 5 heteroatoms. The normalized spacial score (nSPS) is 12.6. The Morgan fingerprint density at radius 3 is 2.90 bits per heavy atom. The molecule has 0 bridgehead atoms. The second kappa shape index (κ2) is 7.25. The summed E-state index contributed by atoms with van der Waals surface area (Å²) in [6, 6.07) is 8.51. The van der Waals surface area contributed by atoms with E-state index in [1.165, 1.54) is 5.56 Å². The second-order valence-corrected chi connectivity index (χ2v) is 6.10. The van der Waals surface area contributed by atoms with Crippen LogP contribution in [0.4, 0.5) is 0 Å².